The molecule has 3 aliphatic carbocycles. The van der Waals surface area contributed by atoms with E-state index in [1.807, 2.05) is 36.9 Å². The van der Waals surface area contributed by atoms with Gasteiger partial charge in [0, 0.05) is 11.6 Å². The molecule has 2 aromatic rings. The molecule has 0 N–H and O–H groups in total. The zero-order valence-corrected chi connectivity index (χ0v) is 21.2. The molecule has 0 radical (unpaired) electrons. The highest BCUT2D eigenvalue weighted by atomic mass is 35.5. The highest BCUT2D eigenvalue weighted by molar-refractivity contribution is 7.92. The largest absolute Gasteiger partial charge is 0.490 e. The fraction of sp³-hybridized carbons (Fsp3) is 0.519. The molecule has 0 atom stereocenters. The molecule has 0 saturated heterocycles. The van der Waals surface area contributed by atoms with Crippen molar-refractivity contribution >= 4 is 33.0 Å². The Bertz CT molecular complexity index is 1270. The summed E-state index contributed by atoms with van der Waals surface area (Å²) >= 11 is 6.04. The molecule has 180 valence electrons. The summed E-state index contributed by atoms with van der Waals surface area (Å²) in [6, 6.07) is 12.2. The van der Waals surface area contributed by atoms with Crippen LogP contribution in [0.4, 0.5) is 5.69 Å². The lowest BCUT2D eigenvalue weighted by Gasteiger charge is -2.48. The number of hydrogen-bond donors (Lipinski definition) is 0. The zero-order chi connectivity index (χ0) is 23.9. The van der Waals surface area contributed by atoms with E-state index < -0.39 is 20.0 Å². The van der Waals surface area contributed by atoms with Crippen molar-refractivity contribution in [1.82, 2.24) is 0 Å². The van der Waals surface area contributed by atoms with Crippen LogP contribution in [0, 0.1) is 16.7 Å². The predicted molar refractivity (Wildman–Crippen MR) is 132 cm³/mol. The summed E-state index contributed by atoms with van der Waals surface area (Å²) in [5.41, 5.74) is 1.03. The highest BCUT2D eigenvalue weighted by Crippen LogP contribution is 2.71. The molecular formula is C27H30ClNO4S. The number of benzene rings is 2. The van der Waals surface area contributed by atoms with Crippen molar-refractivity contribution in [2.45, 2.75) is 62.0 Å². The van der Waals surface area contributed by atoms with E-state index >= 15 is 0 Å². The van der Waals surface area contributed by atoms with Crippen molar-refractivity contribution in [3.63, 3.8) is 0 Å². The minimum Gasteiger partial charge on any atom is -0.490 e. The van der Waals surface area contributed by atoms with Gasteiger partial charge in [-0.2, -0.15) is 0 Å². The minimum atomic E-state index is -3.65. The van der Waals surface area contributed by atoms with E-state index in [9.17, 15) is 13.2 Å². The fourth-order valence-corrected chi connectivity index (χ4v) is 8.25. The summed E-state index contributed by atoms with van der Waals surface area (Å²) < 4.78 is 33.3. The van der Waals surface area contributed by atoms with E-state index in [0.717, 1.165) is 36.9 Å². The Hall–Kier alpha value is -2.05. The zero-order valence-electron chi connectivity index (χ0n) is 19.6. The van der Waals surface area contributed by atoms with Gasteiger partial charge in [-0.1, -0.05) is 17.7 Å². The van der Waals surface area contributed by atoms with Crippen LogP contribution in [0.3, 0.4) is 0 Å². The van der Waals surface area contributed by atoms with E-state index in [-0.39, 0.29) is 17.9 Å². The van der Waals surface area contributed by atoms with E-state index in [1.165, 1.54) is 0 Å². The van der Waals surface area contributed by atoms with Gasteiger partial charge >= 0.3 is 0 Å². The predicted octanol–water partition coefficient (Wildman–Crippen LogP) is 5.74. The summed E-state index contributed by atoms with van der Waals surface area (Å²) in [6.45, 7) is 4.79. The maximum Gasteiger partial charge on any atom is 0.236 e. The van der Waals surface area contributed by atoms with Crippen LogP contribution in [0.25, 0.3) is 0 Å². The summed E-state index contributed by atoms with van der Waals surface area (Å²) in [5.74, 6) is 1.21. The molecule has 2 aromatic carbocycles. The van der Waals surface area contributed by atoms with Crippen LogP contribution < -0.4 is 9.64 Å². The van der Waals surface area contributed by atoms with Crippen molar-refractivity contribution in [1.29, 1.82) is 0 Å². The van der Waals surface area contributed by atoms with Gasteiger partial charge in [-0.15, -0.1) is 0 Å². The van der Waals surface area contributed by atoms with Crippen LogP contribution in [0.15, 0.2) is 47.4 Å². The molecule has 0 bridgehead atoms. The molecule has 1 heterocycles. The molecule has 0 aromatic heterocycles. The quantitative estimate of drug-likeness (QED) is 0.525. The van der Waals surface area contributed by atoms with Crippen LogP contribution in [-0.2, 0) is 19.4 Å². The number of amides is 1. The maximum atomic E-state index is 14.0. The molecule has 1 spiro atoms. The number of halogens is 1. The van der Waals surface area contributed by atoms with Crippen molar-refractivity contribution in [3.8, 4) is 5.75 Å². The van der Waals surface area contributed by atoms with Crippen molar-refractivity contribution in [2.24, 2.45) is 16.7 Å². The van der Waals surface area contributed by atoms with Gasteiger partial charge < -0.3 is 9.64 Å². The molecule has 1 aliphatic heterocycles. The number of ether oxygens (including phenoxy) is 1. The number of anilines is 1. The lowest BCUT2D eigenvalue weighted by atomic mass is 9.67. The van der Waals surface area contributed by atoms with Gasteiger partial charge in [0.15, 0.2) is 9.84 Å². The highest BCUT2D eigenvalue weighted by Gasteiger charge is 2.67. The number of carbonyl (C=O) groups excluding carboxylic acids is 1. The normalized spacial score (nSPS) is 24.1. The third-order valence-corrected chi connectivity index (χ3v) is 10.9. The summed E-state index contributed by atoms with van der Waals surface area (Å²) in [6.07, 6.45) is 5.71. The van der Waals surface area contributed by atoms with Gasteiger partial charge in [-0.3, -0.25) is 4.79 Å². The number of nitrogens with zero attached hydrogens (tertiary/aromatic N) is 1. The maximum absolute atomic E-state index is 14.0. The van der Waals surface area contributed by atoms with Crippen LogP contribution in [0.5, 0.6) is 5.75 Å². The summed E-state index contributed by atoms with van der Waals surface area (Å²) in [4.78, 5) is 15.5. The van der Waals surface area contributed by atoms with E-state index in [2.05, 4.69) is 0 Å². The molecule has 7 heteroatoms. The lowest BCUT2D eigenvalue weighted by Crippen LogP contribution is -2.49. The van der Waals surface area contributed by atoms with Crippen molar-refractivity contribution < 1.29 is 17.9 Å². The molecule has 3 fully saturated rings. The van der Waals surface area contributed by atoms with E-state index in [1.54, 1.807) is 24.3 Å². The van der Waals surface area contributed by atoms with Crippen molar-refractivity contribution in [3.05, 3.63) is 53.1 Å². The second-order valence-corrected chi connectivity index (χ2v) is 14.2. The Morgan fingerprint density at radius 3 is 2.35 bits per heavy atom. The van der Waals surface area contributed by atoms with Gasteiger partial charge in [0.1, 0.15) is 17.1 Å². The summed E-state index contributed by atoms with van der Waals surface area (Å²) in [7, 11) is -3.65. The lowest BCUT2D eigenvalue weighted by molar-refractivity contribution is -0.127. The first-order chi connectivity index (χ1) is 16.1. The molecule has 5 nitrogen and oxygen atoms in total. The molecule has 1 amide bonds. The van der Waals surface area contributed by atoms with Gasteiger partial charge in [-0.05, 0) is 106 Å². The number of fused-ring (bicyclic) bond motifs is 1. The first-order valence-corrected chi connectivity index (χ1v) is 14.0. The van der Waals surface area contributed by atoms with E-state index in [4.69, 9.17) is 16.3 Å². The molecule has 3 saturated carbocycles. The van der Waals surface area contributed by atoms with Gasteiger partial charge in [0.05, 0.1) is 16.0 Å². The van der Waals surface area contributed by atoms with Crippen molar-refractivity contribution in [2.75, 3.05) is 18.1 Å². The fourth-order valence-electron chi connectivity index (χ4n) is 5.75. The van der Waals surface area contributed by atoms with Crippen LogP contribution in [-0.4, -0.2) is 27.5 Å². The molecule has 6 rings (SSSR count). The Morgan fingerprint density at radius 1 is 1.06 bits per heavy atom. The third kappa shape index (κ3) is 3.40. The molecular weight excluding hydrogens is 470 g/mol. The topological polar surface area (TPSA) is 63.7 Å². The minimum absolute atomic E-state index is 0.0648. The van der Waals surface area contributed by atoms with E-state index in [0.29, 0.717) is 41.0 Å². The molecule has 0 unspecified atom stereocenters. The number of sulfone groups is 1. The Labute approximate surface area is 206 Å². The standard InChI is InChI=1S/C27H30ClNO4S/c1-25(2)17-33-23-13-19(5-10-22(23)29(24(25)30)14-18-3-4-18)27(15-26(16-27)11-12-26)34(31,32)21-8-6-20(28)7-9-21/h5-10,13,18H,3-4,11-12,14-17H2,1-2H3. The third-order valence-electron chi connectivity index (χ3n) is 8.24. The molecule has 4 aliphatic rings. The van der Waals surface area contributed by atoms with Gasteiger partial charge in [0.25, 0.3) is 0 Å². The van der Waals surface area contributed by atoms with Crippen LogP contribution in [0.2, 0.25) is 5.02 Å². The first-order valence-electron chi connectivity index (χ1n) is 12.1. The molecule has 34 heavy (non-hydrogen) atoms. The monoisotopic (exact) mass is 499 g/mol. The summed E-state index contributed by atoms with van der Waals surface area (Å²) in [5, 5.41) is 0.515. The van der Waals surface area contributed by atoms with Gasteiger partial charge in [0.2, 0.25) is 5.91 Å². The van der Waals surface area contributed by atoms with Crippen LogP contribution in [0.1, 0.15) is 57.9 Å². The smallest absolute Gasteiger partial charge is 0.236 e. The van der Waals surface area contributed by atoms with Gasteiger partial charge in [-0.25, -0.2) is 8.42 Å². The average Bonchev–Trinajstić information content (AvgIpc) is 3.69. The Morgan fingerprint density at radius 2 is 1.74 bits per heavy atom. The Kier molecular flexibility index (Phi) is 4.77. The number of rotatable bonds is 5. The Balaban J connectivity index is 1.44. The SMILES string of the molecule is CC1(C)COc2cc(C3(S(=O)(=O)c4ccc(Cl)cc4)CC4(CC4)C3)ccc2N(CC2CC2)C1=O. The number of carbonyl (C=O) groups is 1. The van der Waals surface area contributed by atoms with Crippen LogP contribution >= 0.6 is 11.6 Å². The average molecular weight is 500 g/mol. The first kappa shape index (κ1) is 22.4. The number of hydrogen-bond acceptors (Lipinski definition) is 4. The second kappa shape index (κ2) is 7.23. The second-order valence-electron chi connectivity index (χ2n) is 11.5.